The maximum atomic E-state index is 11.7. The lowest BCUT2D eigenvalue weighted by Gasteiger charge is -2.09. The molecule has 0 amide bonds. The summed E-state index contributed by atoms with van der Waals surface area (Å²) < 4.78 is 5.00. The van der Waals surface area contributed by atoms with Gasteiger partial charge in [-0.3, -0.25) is 4.79 Å². The fourth-order valence-corrected chi connectivity index (χ4v) is 1.86. The molecular weight excluding hydrogens is 224 g/mol. The minimum absolute atomic E-state index is 0.206. The van der Waals surface area contributed by atoms with Crippen molar-refractivity contribution in [3.8, 4) is 0 Å². The average molecular weight is 241 g/mol. The Morgan fingerprint density at radius 3 is 2.75 bits per heavy atom. The number of carbonyl (C=O) groups is 1. The molecule has 1 atom stereocenters. The van der Waals surface area contributed by atoms with Crippen LogP contribution in [0.25, 0.3) is 0 Å². The van der Waals surface area contributed by atoms with Crippen LogP contribution in [0.2, 0.25) is 5.02 Å². The van der Waals surface area contributed by atoms with Crippen LogP contribution in [0.15, 0.2) is 24.3 Å². The number of rotatable bonds is 6. The Labute approximate surface area is 102 Å². The van der Waals surface area contributed by atoms with Crippen LogP contribution in [-0.4, -0.2) is 19.5 Å². The Kier molecular flexibility index (Phi) is 5.50. The molecule has 0 saturated carbocycles. The van der Waals surface area contributed by atoms with Crippen LogP contribution in [0.3, 0.4) is 0 Å². The second-order valence-electron chi connectivity index (χ2n) is 4.07. The van der Waals surface area contributed by atoms with Crippen molar-refractivity contribution in [2.45, 2.75) is 19.8 Å². The zero-order valence-electron chi connectivity index (χ0n) is 9.70. The fourth-order valence-electron chi connectivity index (χ4n) is 1.66. The molecule has 0 aliphatic heterocycles. The minimum atomic E-state index is 0.206. The molecule has 0 fully saturated rings. The smallest absolute Gasteiger partial charge is 0.137 e. The Bertz CT molecular complexity index is 350. The maximum Gasteiger partial charge on any atom is 0.137 e. The molecule has 0 aromatic heterocycles. The average Bonchev–Trinajstić information content (AvgIpc) is 2.21. The lowest BCUT2D eigenvalue weighted by molar-refractivity contribution is -0.119. The second-order valence-corrected chi connectivity index (χ2v) is 4.48. The van der Waals surface area contributed by atoms with Gasteiger partial charge in [0.1, 0.15) is 5.78 Å². The topological polar surface area (TPSA) is 26.3 Å². The Balaban J connectivity index is 2.49. The molecule has 16 heavy (non-hydrogen) atoms. The monoisotopic (exact) mass is 240 g/mol. The molecule has 0 bridgehead atoms. The van der Waals surface area contributed by atoms with Crippen molar-refractivity contribution in [2.24, 2.45) is 5.92 Å². The summed E-state index contributed by atoms with van der Waals surface area (Å²) >= 11 is 5.99. The summed E-state index contributed by atoms with van der Waals surface area (Å²) in [6, 6.07) is 7.46. The van der Waals surface area contributed by atoms with Crippen molar-refractivity contribution in [2.75, 3.05) is 13.7 Å². The van der Waals surface area contributed by atoms with Gasteiger partial charge in [-0.15, -0.1) is 0 Å². The van der Waals surface area contributed by atoms with Crippen molar-refractivity contribution in [3.63, 3.8) is 0 Å². The molecule has 0 saturated heterocycles. The maximum absolute atomic E-state index is 11.7. The molecule has 0 spiro atoms. The van der Waals surface area contributed by atoms with Crippen LogP contribution < -0.4 is 0 Å². The molecule has 1 rings (SSSR count). The first-order chi connectivity index (χ1) is 7.63. The van der Waals surface area contributed by atoms with Crippen molar-refractivity contribution in [1.82, 2.24) is 0 Å². The van der Waals surface area contributed by atoms with E-state index in [4.69, 9.17) is 16.3 Å². The summed E-state index contributed by atoms with van der Waals surface area (Å²) in [7, 11) is 1.65. The molecule has 1 unspecified atom stereocenters. The fraction of sp³-hybridized carbons (Fsp3) is 0.462. The van der Waals surface area contributed by atoms with Gasteiger partial charge in [0.25, 0.3) is 0 Å². The molecule has 1 aromatic carbocycles. The van der Waals surface area contributed by atoms with Crippen LogP contribution in [0.4, 0.5) is 0 Å². The third-order valence-corrected chi connectivity index (χ3v) is 2.74. The van der Waals surface area contributed by atoms with E-state index in [9.17, 15) is 4.79 Å². The van der Waals surface area contributed by atoms with Gasteiger partial charge in [0.05, 0.1) is 0 Å². The number of hydrogen-bond donors (Lipinski definition) is 0. The van der Waals surface area contributed by atoms with Gasteiger partial charge >= 0.3 is 0 Å². The van der Waals surface area contributed by atoms with E-state index in [1.807, 2.05) is 31.2 Å². The molecule has 88 valence electrons. The molecule has 0 aliphatic rings. The zero-order valence-corrected chi connectivity index (χ0v) is 10.5. The normalized spacial score (nSPS) is 12.4. The molecule has 0 aliphatic carbocycles. The van der Waals surface area contributed by atoms with Crippen LogP contribution in [0, 0.1) is 5.92 Å². The van der Waals surface area contributed by atoms with Crippen LogP contribution >= 0.6 is 11.6 Å². The number of halogens is 1. The highest BCUT2D eigenvalue weighted by Gasteiger charge is 2.11. The Morgan fingerprint density at radius 2 is 2.12 bits per heavy atom. The van der Waals surface area contributed by atoms with Gasteiger partial charge in [0.2, 0.25) is 0 Å². The quantitative estimate of drug-likeness (QED) is 0.764. The molecule has 0 N–H and O–H groups in total. The first kappa shape index (κ1) is 13.2. The third kappa shape index (κ3) is 4.33. The SMILES string of the molecule is COCC(C)CC(=O)Cc1ccccc1Cl. The zero-order chi connectivity index (χ0) is 12.0. The van der Waals surface area contributed by atoms with E-state index < -0.39 is 0 Å². The van der Waals surface area contributed by atoms with Gasteiger partial charge in [-0.25, -0.2) is 0 Å². The largest absolute Gasteiger partial charge is 0.384 e. The number of benzene rings is 1. The highest BCUT2D eigenvalue weighted by atomic mass is 35.5. The highest BCUT2D eigenvalue weighted by molar-refractivity contribution is 6.31. The van der Waals surface area contributed by atoms with E-state index in [0.717, 1.165) is 5.56 Å². The first-order valence-corrected chi connectivity index (χ1v) is 5.75. The summed E-state index contributed by atoms with van der Waals surface area (Å²) in [5, 5.41) is 0.662. The van der Waals surface area contributed by atoms with Crippen molar-refractivity contribution >= 4 is 17.4 Å². The number of hydrogen-bond acceptors (Lipinski definition) is 2. The van der Waals surface area contributed by atoms with E-state index in [1.165, 1.54) is 0 Å². The van der Waals surface area contributed by atoms with E-state index >= 15 is 0 Å². The summed E-state index contributed by atoms with van der Waals surface area (Å²) in [5.74, 6) is 0.470. The van der Waals surface area contributed by atoms with E-state index in [2.05, 4.69) is 0 Å². The summed E-state index contributed by atoms with van der Waals surface area (Å²) in [4.78, 5) is 11.7. The van der Waals surface area contributed by atoms with Crippen LogP contribution in [-0.2, 0) is 16.0 Å². The lowest BCUT2D eigenvalue weighted by atomic mass is 10.0. The predicted octanol–water partition coefficient (Wildman–Crippen LogP) is 3.12. The molecule has 1 aromatic rings. The van der Waals surface area contributed by atoms with Crippen LogP contribution in [0.5, 0.6) is 0 Å². The number of methoxy groups -OCH3 is 1. The van der Waals surface area contributed by atoms with Gasteiger partial charge < -0.3 is 4.74 Å². The summed E-state index contributed by atoms with van der Waals surface area (Å²) in [6.45, 7) is 2.63. The summed E-state index contributed by atoms with van der Waals surface area (Å²) in [5.41, 5.74) is 0.902. The Hall–Kier alpha value is -0.860. The van der Waals surface area contributed by atoms with Gasteiger partial charge in [0, 0.05) is 31.6 Å². The van der Waals surface area contributed by atoms with E-state index in [0.29, 0.717) is 24.5 Å². The highest BCUT2D eigenvalue weighted by Crippen LogP contribution is 2.17. The predicted molar refractivity (Wildman–Crippen MR) is 65.8 cm³/mol. The van der Waals surface area contributed by atoms with Gasteiger partial charge in [-0.05, 0) is 17.5 Å². The van der Waals surface area contributed by atoms with Crippen molar-refractivity contribution in [1.29, 1.82) is 0 Å². The standard InChI is InChI=1S/C13H17ClO2/c1-10(9-16-2)7-12(15)8-11-5-3-4-6-13(11)14/h3-6,10H,7-9H2,1-2H3. The van der Waals surface area contributed by atoms with Crippen molar-refractivity contribution < 1.29 is 9.53 Å². The molecule has 3 heteroatoms. The summed E-state index contributed by atoms with van der Waals surface area (Å²) in [6.07, 6.45) is 0.951. The number of Topliss-reactive ketones (excluding diaryl/α,β-unsaturated/α-hetero) is 1. The van der Waals surface area contributed by atoms with Gasteiger partial charge in [-0.2, -0.15) is 0 Å². The van der Waals surface area contributed by atoms with Gasteiger partial charge in [0.15, 0.2) is 0 Å². The van der Waals surface area contributed by atoms with E-state index in [-0.39, 0.29) is 11.7 Å². The number of carbonyl (C=O) groups excluding carboxylic acids is 1. The number of ether oxygens (including phenoxy) is 1. The Morgan fingerprint density at radius 1 is 1.44 bits per heavy atom. The van der Waals surface area contributed by atoms with Crippen molar-refractivity contribution in [3.05, 3.63) is 34.9 Å². The van der Waals surface area contributed by atoms with E-state index in [1.54, 1.807) is 7.11 Å². The molecule has 0 heterocycles. The molecule has 2 nitrogen and oxygen atoms in total. The lowest BCUT2D eigenvalue weighted by Crippen LogP contribution is -2.12. The minimum Gasteiger partial charge on any atom is -0.384 e. The number of ketones is 1. The third-order valence-electron chi connectivity index (χ3n) is 2.37. The molecular formula is C13H17ClO2. The van der Waals surface area contributed by atoms with Crippen LogP contribution in [0.1, 0.15) is 18.9 Å². The first-order valence-electron chi connectivity index (χ1n) is 5.37. The molecule has 0 radical (unpaired) electrons. The second kappa shape index (κ2) is 6.66. The van der Waals surface area contributed by atoms with Gasteiger partial charge in [-0.1, -0.05) is 36.7 Å².